The van der Waals surface area contributed by atoms with Crippen LogP contribution in [0.5, 0.6) is 0 Å². The number of hydrogen-bond acceptors (Lipinski definition) is 3. The summed E-state index contributed by atoms with van der Waals surface area (Å²) in [5.41, 5.74) is 0. The first-order chi connectivity index (χ1) is 9.45. The fraction of sp³-hybridized carbons (Fsp3) is 0.857. The Balaban J connectivity index is 2.61. The summed E-state index contributed by atoms with van der Waals surface area (Å²) < 4.78 is 0. The molecule has 2 amide bonds. The standard InChI is InChI=1S/C14H26N2O4/c1-11(2)16(8-5-13(18)19)14(20)15-7-3-4-12(10-15)6-9-17/h11-12,17H,3-10H2,1-2H3,(H,18,19). The number of aliphatic hydroxyl groups excluding tert-OH is 1. The highest BCUT2D eigenvalue weighted by atomic mass is 16.4. The number of carboxylic acid groups (broad SMARTS) is 1. The summed E-state index contributed by atoms with van der Waals surface area (Å²) in [4.78, 5) is 26.6. The summed E-state index contributed by atoms with van der Waals surface area (Å²) >= 11 is 0. The Morgan fingerprint density at radius 2 is 2.10 bits per heavy atom. The molecule has 1 atom stereocenters. The normalized spacial score (nSPS) is 19.2. The molecule has 20 heavy (non-hydrogen) atoms. The molecule has 116 valence electrons. The van der Waals surface area contributed by atoms with Crippen molar-refractivity contribution in [3.05, 3.63) is 0 Å². The van der Waals surface area contributed by atoms with Crippen molar-refractivity contribution >= 4 is 12.0 Å². The van der Waals surface area contributed by atoms with Gasteiger partial charge in [0.05, 0.1) is 6.42 Å². The Labute approximate surface area is 120 Å². The van der Waals surface area contributed by atoms with E-state index >= 15 is 0 Å². The zero-order valence-corrected chi connectivity index (χ0v) is 12.4. The number of hydrogen-bond donors (Lipinski definition) is 2. The molecule has 0 bridgehead atoms. The average Bonchev–Trinajstić information content (AvgIpc) is 2.38. The van der Waals surface area contributed by atoms with Crippen LogP contribution in [0.15, 0.2) is 0 Å². The first kappa shape index (κ1) is 16.8. The minimum Gasteiger partial charge on any atom is -0.481 e. The molecule has 1 saturated heterocycles. The number of aliphatic hydroxyl groups is 1. The SMILES string of the molecule is CC(C)N(CCC(=O)O)C(=O)N1CCCC(CCO)C1. The molecule has 1 fully saturated rings. The lowest BCUT2D eigenvalue weighted by Gasteiger charge is -2.37. The summed E-state index contributed by atoms with van der Waals surface area (Å²) in [6.07, 6.45) is 2.68. The fourth-order valence-electron chi connectivity index (χ4n) is 2.63. The molecule has 1 unspecified atom stereocenters. The van der Waals surface area contributed by atoms with Crippen LogP contribution in [0.1, 0.15) is 39.5 Å². The number of carbonyl (C=O) groups excluding carboxylic acids is 1. The van der Waals surface area contributed by atoms with Crippen molar-refractivity contribution in [3.63, 3.8) is 0 Å². The highest BCUT2D eigenvalue weighted by Gasteiger charge is 2.28. The van der Waals surface area contributed by atoms with Crippen molar-refractivity contribution in [3.8, 4) is 0 Å². The minimum atomic E-state index is -0.889. The summed E-state index contributed by atoms with van der Waals surface area (Å²) in [6.45, 7) is 5.57. The summed E-state index contributed by atoms with van der Waals surface area (Å²) in [7, 11) is 0. The lowest BCUT2D eigenvalue weighted by atomic mass is 9.95. The molecule has 0 radical (unpaired) electrons. The van der Waals surface area contributed by atoms with E-state index in [0.29, 0.717) is 12.5 Å². The van der Waals surface area contributed by atoms with Crippen LogP contribution in [-0.4, -0.2) is 64.3 Å². The van der Waals surface area contributed by atoms with Gasteiger partial charge in [-0.1, -0.05) is 0 Å². The molecule has 6 nitrogen and oxygen atoms in total. The fourth-order valence-corrected chi connectivity index (χ4v) is 2.63. The van der Waals surface area contributed by atoms with Gasteiger partial charge in [0.25, 0.3) is 0 Å². The number of aliphatic carboxylic acids is 1. The second-order valence-electron chi connectivity index (χ2n) is 5.68. The van der Waals surface area contributed by atoms with Gasteiger partial charge >= 0.3 is 12.0 Å². The van der Waals surface area contributed by atoms with Crippen LogP contribution in [-0.2, 0) is 4.79 Å². The van der Waals surface area contributed by atoms with Crippen molar-refractivity contribution in [1.29, 1.82) is 0 Å². The third-order valence-corrected chi connectivity index (χ3v) is 3.76. The maximum atomic E-state index is 12.5. The van der Waals surface area contributed by atoms with Crippen LogP contribution in [0.4, 0.5) is 4.79 Å². The van der Waals surface area contributed by atoms with Crippen molar-refractivity contribution in [2.75, 3.05) is 26.2 Å². The lowest BCUT2D eigenvalue weighted by molar-refractivity contribution is -0.137. The highest BCUT2D eigenvalue weighted by Crippen LogP contribution is 2.21. The predicted octanol–water partition coefficient (Wildman–Crippen LogP) is 1.39. The van der Waals surface area contributed by atoms with Crippen LogP contribution < -0.4 is 0 Å². The molecule has 1 heterocycles. The quantitative estimate of drug-likeness (QED) is 0.773. The first-order valence-corrected chi connectivity index (χ1v) is 7.34. The van der Waals surface area contributed by atoms with Gasteiger partial charge in [-0.2, -0.15) is 0 Å². The number of likely N-dealkylation sites (tertiary alicyclic amines) is 1. The molecule has 1 rings (SSSR count). The zero-order chi connectivity index (χ0) is 15.1. The second-order valence-corrected chi connectivity index (χ2v) is 5.68. The average molecular weight is 286 g/mol. The highest BCUT2D eigenvalue weighted by molar-refractivity contribution is 5.76. The van der Waals surface area contributed by atoms with Crippen LogP contribution in [0, 0.1) is 5.92 Å². The van der Waals surface area contributed by atoms with Gasteiger partial charge in [-0.25, -0.2) is 4.79 Å². The third kappa shape index (κ3) is 5.00. The van der Waals surface area contributed by atoms with E-state index in [1.807, 2.05) is 13.8 Å². The zero-order valence-electron chi connectivity index (χ0n) is 12.4. The van der Waals surface area contributed by atoms with Crippen LogP contribution in [0.25, 0.3) is 0 Å². The largest absolute Gasteiger partial charge is 0.481 e. The number of rotatable bonds is 6. The molecule has 0 saturated carbocycles. The number of carboxylic acids is 1. The Kier molecular flexibility index (Phi) is 6.78. The van der Waals surface area contributed by atoms with Crippen molar-refractivity contribution in [2.24, 2.45) is 5.92 Å². The van der Waals surface area contributed by atoms with Gasteiger partial charge in [0.2, 0.25) is 0 Å². The smallest absolute Gasteiger partial charge is 0.320 e. The molecule has 1 aliphatic rings. The molecule has 0 aromatic heterocycles. The van der Waals surface area contributed by atoms with Crippen LogP contribution in [0.3, 0.4) is 0 Å². The predicted molar refractivity (Wildman–Crippen MR) is 75.5 cm³/mol. The molecule has 0 spiro atoms. The molecule has 0 aliphatic carbocycles. The third-order valence-electron chi connectivity index (χ3n) is 3.76. The van der Waals surface area contributed by atoms with E-state index in [0.717, 1.165) is 25.8 Å². The molecule has 0 aromatic carbocycles. The summed E-state index contributed by atoms with van der Waals surface area (Å²) in [5, 5.41) is 17.8. The minimum absolute atomic E-state index is 0.0138. The van der Waals surface area contributed by atoms with Crippen LogP contribution in [0.2, 0.25) is 0 Å². The number of carbonyl (C=O) groups is 2. The van der Waals surface area contributed by atoms with Crippen molar-refractivity contribution in [2.45, 2.75) is 45.6 Å². The maximum absolute atomic E-state index is 12.5. The number of amides is 2. The van der Waals surface area contributed by atoms with Crippen LogP contribution >= 0.6 is 0 Å². The second kappa shape index (κ2) is 8.09. The monoisotopic (exact) mass is 286 g/mol. The number of piperidine rings is 1. The Morgan fingerprint density at radius 3 is 2.65 bits per heavy atom. The topological polar surface area (TPSA) is 81.1 Å². The summed E-state index contributed by atoms with van der Waals surface area (Å²) in [6, 6.07) is -0.0936. The summed E-state index contributed by atoms with van der Waals surface area (Å²) in [5.74, 6) is -0.536. The number of urea groups is 1. The maximum Gasteiger partial charge on any atom is 0.320 e. The van der Waals surface area contributed by atoms with E-state index in [1.54, 1.807) is 9.80 Å². The van der Waals surface area contributed by atoms with Gasteiger partial charge in [-0.3, -0.25) is 4.79 Å². The Bertz CT molecular complexity index is 331. The van der Waals surface area contributed by atoms with E-state index in [2.05, 4.69) is 0 Å². The molecule has 1 aliphatic heterocycles. The van der Waals surface area contributed by atoms with Gasteiger partial charge in [0.15, 0.2) is 0 Å². The molecule has 0 aromatic rings. The van der Waals surface area contributed by atoms with Crippen molar-refractivity contribution < 1.29 is 19.8 Å². The van der Waals surface area contributed by atoms with E-state index in [1.165, 1.54) is 0 Å². The van der Waals surface area contributed by atoms with Gasteiger partial charge < -0.3 is 20.0 Å². The van der Waals surface area contributed by atoms with Gasteiger partial charge in [0.1, 0.15) is 0 Å². The molecular formula is C14H26N2O4. The molecular weight excluding hydrogens is 260 g/mol. The first-order valence-electron chi connectivity index (χ1n) is 7.34. The lowest BCUT2D eigenvalue weighted by Crippen LogP contribution is -2.50. The van der Waals surface area contributed by atoms with E-state index in [9.17, 15) is 9.59 Å². The van der Waals surface area contributed by atoms with E-state index < -0.39 is 5.97 Å². The van der Waals surface area contributed by atoms with Gasteiger partial charge in [-0.05, 0) is 39.0 Å². The number of nitrogens with zero attached hydrogens (tertiary/aromatic N) is 2. The van der Waals surface area contributed by atoms with E-state index in [4.69, 9.17) is 10.2 Å². The van der Waals surface area contributed by atoms with E-state index in [-0.39, 0.29) is 31.6 Å². The van der Waals surface area contributed by atoms with Crippen molar-refractivity contribution in [1.82, 2.24) is 9.80 Å². The molecule has 6 heteroatoms. The van der Waals surface area contributed by atoms with Gasteiger partial charge in [0, 0.05) is 32.3 Å². The Hall–Kier alpha value is -1.30. The molecule has 2 N–H and O–H groups in total. The Morgan fingerprint density at radius 1 is 1.40 bits per heavy atom. The van der Waals surface area contributed by atoms with Gasteiger partial charge in [-0.15, -0.1) is 0 Å².